The molecule has 160 valence electrons. The molecule has 3 aliphatic heterocycles. The summed E-state index contributed by atoms with van der Waals surface area (Å²) in [4.78, 5) is 15.5. The highest BCUT2D eigenvalue weighted by atomic mass is 16.5. The molecule has 0 amide bonds. The molecule has 0 bridgehead atoms. The van der Waals surface area contributed by atoms with E-state index in [-0.39, 0.29) is 0 Å². The Hall–Kier alpha value is -1.98. The van der Waals surface area contributed by atoms with Gasteiger partial charge in [0.15, 0.2) is 0 Å². The molecule has 2 fully saturated rings. The van der Waals surface area contributed by atoms with E-state index >= 15 is 0 Å². The Morgan fingerprint density at radius 2 is 1.80 bits per heavy atom. The SMILES string of the molecule is Cc1nc([C@@H]2CCCCN2C2CCOCC2)nc2c1CCCN2Cc1ccccc1. The largest absolute Gasteiger partial charge is 0.381 e. The van der Waals surface area contributed by atoms with Crippen LogP contribution in [0, 0.1) is 6.92 Å². The highest BCUT2D eigenvalue weighted by Gasteiger charge is 2.34. The molecule has 0 radical (unpaired) electrons. The molecular weight excluding hydrogens is 372 g/mol. The van der Waals surface area contributed by atoms with Gasteiger partial charge in [-0.05, 0) is 57.6 Å². The van der Waals surface area contributed by atoms with Crippen molar-refractivity contribution in [2.45, 2.75) is 70.5 Å². The van der Waals surface area contributed by atoms with E-state index in [1.165, 1.54) is 54.9 Å². The summed E-state index contributed by atoms with van der Waals surface area (Å²) in [6, 6.07) is 11.8. The van der Waals surface area contributed by atoms with Crippen molar-refractivity contribution in [1.82, 2.24) is 14.9 Å². The first-order chi connectivity index (χ1) is 14.8. The van der Waals surface area contributed by atoms with Crippen LogP contribution in [0.1, 0.15) is 67.2 Å². The Morgan fingerprint density at radius 1 is 0.967 bits per heavy atom. The van der Waals surface area contributed by atoms with Crippen LogP contribution < -0.4 is 4.90 Å². The fourth-order valence-electron chi connectivity index (χ4n) is 5.50. The molecule has 2 aromatic rings. The molecule has 1 aromatic heterocycles. The molecule has 0 saturated carbocycles. The van der Waals surface area contributed by atoms with Crippen molar-refractivity contribution in [3.05, 3.63) is 53.0 Å². The summed E-state index contributed by atoms with van der Waals surface area (Å²) in [6.07, 6.45) is 8.30. The number of ether oxygens (including phenoxy) is 1. The van der Waals surface area contributed by atoms with Crippen LogP contribution in [-0.4, -0.2) is 47.2 Å². The average molecular weight is 407 g/mol. The van der Waals surface area contributed by atoms with Crippen molar-refractivity contribution in [2.24, 2.45) is 0 Å². The Labute approximate surface area is 180 Å². The first-order valence-electron chi connectivity index (χ1n) is 11.8. The average Bonchev–Trinajstić information content (AvgIpc) is 2.81. The van der Waals surface area contributed by atoms with Gasteiger partial charge in [-0.1, -0.05) is 36.8 Å². The third kappa shape index (κ3) is 4.10. The third-order valence-electron chi connectivity index (χ3n) is 7.08. The second-order valence-electron chi connectivity index (χ2n) is 9.07. The van der Waals surface area contributed by atoms with Gasteiger partial charge in [0.1, 0.15) is 11.6 Å². The van der Waals surface area contributed by atoms with Crippen molar-refractivity contribution in [1.29, 1.82) is 0 Å². The monoisotopic (exact) mass is 406 g/mol. The highest BCUT2D eigenvalue weighted by molar-refractivity contribution is 5.52. The van der Waals surface area contributed by atoms with E-state index in [1.807, 2.05) is 0 Å². The Balaban J connectivity index is 1.45. The Morgan fingerprint density at radius 3 is 2.63 bits per heavy atom. The molecule has 0 spiro atoms. The smallest absolute Gasteiger partial charge is 0.148 e. The molecule has 4 heterocycles. The zero-order valence-electron chi connectivity index (χ0n) is 18.2. The second kappa shape index (κ2) is 9.03. The summed E-state index contributed by atoms with van der Waals surface area (Å²) in [5.41, 5.74) is 3.89. The number of hydrogen-bond acceptors (Lipinski definition) is 5. The van der Waals surface area contributed by atoms with Crippen molar-refractivity contribution < 1.29 is 4.74 Å². The lowest BCUT2D eigenvalue weighted by atomic mass is 9.95. The second-order valence-corrected chi connectivity index (χ2v) is 9.07. The molecular formula is C25H34N4O. The summed E-state index contributed by atoms with van der Waals surface area (Å²) in [5.74, 6) is 2.24. The quantitative estimate of drug-likeness (QED) is 0.751. The molecule has 1 aromatic carbocycles. The van der Waals surface area contributed by atoms with Gasteiger partial charge in [0.2, 0.25) is 0 Å². The minimum Gasteiger partial charge on any atom is -0.381 e. The number of hydrogen-bond donors (Lipinski definition) is 0. The number of nitrogens with zero attached hydrogens (tertiary/aromatic N) is 4. The summed E-state index contributed by atoms with van der Waals surface area (Å²) in [5, 5.41) is 0. The topological polar surface area (TPSA) is 41.5 Å². The van der Waals surface area contributed by atoms with Gasteiger partial charge in [0, 0.05) is 43.6 Å². The maximum atomic E-state index is 5.63. The van der Waals surface area contributed by atoms with Gasteiger partial charge in [0.05, 0.1) is 6.04 Å². The van der Waals surface area contributed by atoms with Crippen molar-refractivity contribution in [3.63, 3.8) is 0 Å². The molecule has 30 heavy (non-hydrogen) atoms. The van der Waals surface area contributed by atoms with Crippen molar-refractivity contribution >= 4 is 5.82 Å². The molecule has 0 aliphatic carbocycles. The maximum absolute atomic E-state index is 5.63. The van der Waals surface area contributed by atoms with Crippen LogP contribution in [0.25, 0.3) is 0 Å². The van der Waals surface area contributed by atoms with Crippen molar-refractivity contribution in [3.8, 4) is 0 Å². The summed E-state index contributed by atoms with van der Waals surface area (Å²) in [6.45, 7) is 7.15. The van der Waals surface area contributed by atoms with E-state index in [1.54, 1.807) is 0 Å². The van der Waals surface area contributed by atoms with E-state index in [4.69, 9.17) is 14.7 Å². The predicted molar refractivity (Wildman–Crippen MR) is 120 cm³/mol. The molecule has 5 nitrogen and oxygen atoms in total. The van der Waals surface area contributed by atoms with E-state index in [9.17, 15) is 0 Å². The molecule has 2 saturated heterocycles. The molecule has 1 atom stereocenters. The first-order valence-corrected chi connectivity index (χ1v) is 11.8. The molecule has 5 heteroatoms. The lowest BCUT2D eigenvalue weighted by Gasteiger charge is -2.42. The van der Waals surface area contributed by atoms with Gasteiger partial charge in [-0.2, -0.15) is 0 Å². The van der Waals surface area contributed by atoms with Crippen LogP contribution in [0.3, 0.4) is 0 Å². The lowest BCUT2D eigenvalue weighted by molar-refractivity contribution is 0.00209. The van der Waals surface area contributed by atoms with Gasteiger partial charge in [-0.15, -0.1) is 0 Å². The van der Waals surface area contributed by atoms with Crippen LogP contribution in [0.4, 0.5) is 5.82 Å². The minimum absolute atomic E-state index is 0.353. The van der Waals surface area contributed by atoms with E-state index < -0.39 is 0 Å². The Bertz CT molecular complexity index is 850. The van der Waals surface area contributed by atoms with E-state index in [2.05, 4.69) is 47.1 Å². The van der Waals surface area contributed by atoms with Crippen LogP contribution in [0.5, 0.6) is 0 Å². The summed E-state index contributed by atoms with van der Waals surface area (Å²) in [7, 11) is 0. The lowest BCUT2D eigenvalue weighted by Crippen LogP contribution is -2.45. The van der Waals surface area contributed by atoms with Crippen LogP contribution in [0.15, 0.2) is 30.3 Å². The van der Waals surface area contributed by atoms with Crippen LogP contribution in [-0.2, 0) is 17.7 Å². The normalized spacial score (nSPS) is 23.4. The molecule has 3 aliphatic rings. The van der Waals surface area contributed by atoms with Gasteiger partial charge in [-0.3, -0.25) is 4.90 Å². The van der Waals surface area contributed by atoms with Gasteiger partial charge < -0.3 is 9.64 Å². The summed E-state index contributed by atoms with van der Waals surface area (Å²) >= 11 is 0. The zero-order valence-corrected chi connectivity index (χ0v) is 18.2. The minimum atomic E-state index is 0.353. The van der Waals surface area contributed by atoms with Crippen LogP contribution >= 0.6 is 0 Å². The standard InChI is InChI=1S/C25H34N4O/c1-19-22-10-7-14-28(18-20-8-3-2-4-9-20)25(22)27-24(26-19)23-11-5-6-15-29(23)21-12-16-30-17-13-21/h2-4,8-9,21,23H,5-7,10-18H2,1H3/t23-/m0/s1. The number of aryl methyl sites for hydroxylation is 1. The van der Waals surface area contributed by atoms with Gasteiger partial charge in [0.25, 0.3) is 0 Å². The first kappa shape index (κ1) is 20.0. The number of likely N-dealkylation sites (tertiary alicyclic amines) is 1. The fraction of sp³-hybridized carbons (Fsp3) is 0.600. The number of anilines is 1. The fourth-order valence-corrected chi connectivity index (χ4v) is 5.50. The van der Waals surface area contributed by atoms with Crippen molar-refractivity contribution in [2.75, 3.05) is 31.2 Å². The summed E-state index contributed by atoms with van der Waals surface area (Å²) < 4.78 is 5.63. The molecule has 0 N–H and O–H groups in total. The van der Waals surface area contributed by atoms with Crippen LogP contribution in [0.2, 0.25) is 0 Å². The Kier molecular flexibility index (Phi) is 6.00. The predicted octanol–water partition coefficient (Wildman–Crippen LogP) is 4.44. The maximum Gasteiger partial charge on any atom is 0.148 e. The number of aromatic nitrogens is 2. The number of fused-ring (bicyclic) bond motifs is 1. The number of rotatable bonds is 4. The highest BCUT2D eigenvalue weighted by Crippen LogP contribution is 2.36. The van der Waals surface area contributed by atoms with E-state index in [0.717, 1.165) is 51.4 Å². The number of piperidine rings is 1. The molecule has 0 unspecified atom stereocenters. The molecule has 5 rings (SSSR count). The van der Waals surface area contributed by atoms with Gasteiger partial charge >= 0.3 is 0 Å². The van der Waals surface area contributed by atoms with E-state index in [0.29, 0.717) is 12.1 Å². The third-order valence-corrected chi connectivity index (χ3v) is 7.08. The van der Waals surface area contributed by atoms with Gasteiger partial charge in [-0.25, -0.2) is 9.97 Å². The number of benzene rings is 1. The zero-order chi connectivity index (χ0) is 20.3.